The molecular formula is C13H18O3. The third-order valence-electron chi connectivity index (χ3n) is 5.14. The molecule has 0 aromatic carbocycles. The average Bonchev–Trinajstić information content (AvgIpc) is 2.68. The van der Waals surface area contributed by atoms with Crippen LogP contribution >= 0.6 is 0 Å². The lowest BCUT2D eigenvalue weighted by atomic mass is 9.64. The molecule has 5 fully saturated rings. The molecule has 0 amide bonds. The van der Waals surface area contributed by atoms with E-state index in [-0.39, 0.29) is 5.92 Å². The number of ketones is 1. The molecule has 3 nitrogen and oxygen atoms in total. The summed E-state index contributed by atoms with van der Waals surface area (Å²) in [4.78, 5) is 12.3. The number of Topliss-reactive ketones (excluding diaryl/α,β-unsaturated/α-hetero) is 1. The minimum Gasteiger partial charge on any atom is -0.346 e. The van der Waals surface area contributed by atoms with Crippen LogP contribution < -0.4 is 0 Å². The number of hydrogen-bond acceptors (Lipinski definition) is 3. The van der Waals surface area contributed by atoms with Gasteiger partial charge in [0.2, 0.25) is 0 Å². The summed E-state index contributed by atoms with van der Waals surface area (Å²) in [6.45, 7) is 1.35. The predicted octanol–water partition coefficient (Wildman–Crippen LogP) is 1.75. The molecule has 4 aliphatic carbocycles. The molecule has 1 aliphatic heterocycles. The minimum atomic E-state index is -0.497. The van der Waals surface area contributed by atoms with Crippen molar-refractivity contribution >= 4 is 5.78 Å². The summed E-state index contributed by atoms with van der Waals surface area (Å²) < 4.78 is 11.8. The van der Waals surface area contributed by atoms with Crippen molar-refractivity contribution in [2.45, 2.75) is 37.9 Å². The van der Waals surface area contributed by atoms with E-state index in [0.717, 1.165) is 25.2 Å². The van der Waals surface area contributed by atoms with E-state index in [1.54, 1.807) is 0 Å². The Kier molecular flexibility index (Phi) is 1.85. The number of carbonyl (C=O) groups is 1. The fourth-order valence-corrected chi connectivity index (χ4v) is 4.70. The van der Waals surface area contributed by atoms with E-state index in [0.29, 0.717) is 30.8 Å². The molecule has 1 spiro atoms. The Bertz CT molecular complexity index is 332. The maximum absolute atomic E-state index is 12.3. The highest BCUT2D eigenvalue weighted by Gasteiger charge is 2.61. The van der Waals surface area contributed by atoms with Crippen molar-refractivity contribution in [1.29, 1.82) is 0 Å². The Morgan fingerprint density at radius 2 is 1.75 bits per heavy atom. The van der Waals surface area contributed by atoms with Crippen molar-refractivity contribution < 1.29 is 14.3 Å². The van der Waals surface area contributed by atoms with Crippen LogP contribution in [0.25, 0.3) is 0 Å². The van der Waals surface area contributed by atoms with Crippen LogP contribution in [0, 0.1) is 23.7 Å². The summed E-state index contributed by atoms with van der Waals surface area (Å²) in [5.41, 5.74) is 0. The smallest absolute Gasteiger partial charge is 0.180 e. The van der Waals surface area contributed by atoms with Gasteiger partial charge in [0.1, 0.15) is 5.78 Å². The van der Waals surface area contributed by atoms with Gasteiger partial charge in [-0.3, -0.25) is 4.79 Å². The van der Waals surface area contributed by atoms with Gasteiger partial charge in [-0.05, 0) is 37.5 Å². The van der Waals surface area contributed by atoms with Crippen molar-refractivity contribution in [2.75, 3.05) is 13.2 Å². The molecule has 5 rings (SSSR count). The van der Waals surface area contributed by atoms with Crippen LogP contribution in [-0.2, 0) is 14.3 Å². The first-order valence-electron chi connectivity index (χ1n) is 6.58. The molecule has 0 aromatic rings. The zero-order chi connectivity index (χ0) is 10.8. The summed E-state index contributed by atoms with van der Waals surface area (Å²) in [5.74, 6) is 1.84. The van der Waals surface area contributed by atoms with Crippen molar-refractivity contribution in [2.24, 2.45) is 23.7 Å². The van der Waals surface area contributed by atoms with Gasteiger partial charge in [0.25, 0.3) is 0 Å². The summed E-state index contributed by atoms with van der Waals surface area (Å²) in [6.07, 6.45) is 5.45. The van der Waals surface area contributed by atoms with Crippen LogP contribution in [0.3, 0.4) is 0 Å². The van der Waals surface area contributed by atoms with Gasteiger partial charge in [0, 0.05) is 12.3 Å². The fourth-order valence-electron chi connectivity index (χ4n) is 4.70. The monoisotopic (exact) mass is 222 g/mol. The molecule has 88 valence electrons. The van der Waals surface area contributed by atoms with Crippen LogP contribution in [0.2, 0.25) is 0 Å². The Balaban J connectivity index is 1.80. The van der Waals surface area contributed by atoms with E-state index >= 15 is 0 Å². The predicted molar refractivity (Wildman–Crippen MR) is 56.7 cm³/mol. The van der Waals surface area contributed by atoms with E-state index in [4.69, 9.17) is 9.47 Å². The molecule has 0 radical (unpaired) electrons. The molecule has 1 heterocycles. The Hall–Kier alpha value is -0.410. The topological polar surface area (TPSA) is 35.5 Å². The lowest BCUT2D eigenvalue weighted by Crippen LogP contribution is -2.53. The summed E-state index contributed by atoms with van der Waals surface area (Å²) in [7, 11) is 0. The van der Waals surface area contributed by atoms with Crippen LogP contribution in [-0.4, -0.2) is 24.8 Å². The highest BCUT2D eigenvalue weighted by molar-refractivity contribution is 5.83. The van der Waals surface area contributed by atoms with Gasteiger partial charge in [-0.2, -0.15) is 0 Å². The lowest BCUT2D eigenvalue weighted by Gasteiger charge is -2.48. The summed E-state index contributed by atoms with van der Waals surface area (Å²) in [6, 6.07) is 0. The first-order chi connectivity index (χ1) is 7.78. The number of rotatable bonds is 0. The standard InChI is InChI=1S/C13H18O3/c14-12-7-9-3-8-4-10(5-9)13(11(12)6-8)15-1-2-16-13/h8-11H,1-7H2/t8-,9+,10-,11+/m1/s1. The highest BCUT2D eigenvalue weighted by atomic mass is 16.7. The van der Waals surface area contributed by atoms with E-state index in [2.05, 4.69) is 0 Å². The first kappa shape index (κ1) is 9.60. The Morgan fingerprint density at radius 3 is 2.56 bits per heavy atom. The van der Waals surface area contributed by atoms with Crippen LogP contribution in [0.1, 0.15) is 32.1 Å². The van der Waals surface area contributed by atoms with Gasteiger partial charge in [0.05, 0.1) is 19.1 Å². The summed E-state index contributed by atoms with van der Waals surface area (Å²) >= 11 is 0. The number of carbonyl (C=O) groups excluding carboxylic acids is 1. The molecule has 16 heavy (non-hydrogen) atoms. The van der Waals surface area contributed by atoms with Crippen molar-refractivity contribution in [3.8, 4) is 0 Å². The van der Waals surface area contributed by atoms with Gasteiger partial charge in [-0.25, -0.2) is 0 Å². The normalized spacial score (nSPS) is 48.9. The Morgan fingerprint density at radius 1 is 1.00 bits per heavy atom. The second-order valence-corrected chi connectivity index (χ2v) is 6.01. The quantitative estimate of drug-likeness (QED) is 0.626. The molecule has 0 unspecified atom stereocenters. The molecule has 5 aliphatic rings. The molecule has 3 heteroatoms. The zero-order valence-corrected chi connectivity index (χ0v) is 9.48. The molecule has 0 aromatic heterocycles. The van der Waals surface area contributed by atoms with Gasteiger partial charge in [-0.1, -0.05) is 0 Å². The lowest BCUT2D eigenvalue weighted by molar-refractivity contribution is -0.251. The maximum Gasteiger partial charge on any atom is 0.180 e. The largest absolute Gasteiger partial charge is 0.346 e. The highest BCUT2D eigenvalue weighted by Crippen LogP contribution is 2.57. The van der Waals surface area contributed by atoms with Crippen molar-refractivity contribution in [3.05, 3.63) is 0 Å². The number of ether oxygens (including phenoxy) is 2. The number of hydrogen-bond donors (Lipinski definition) is 0. The SMILES string of the molecule is O=C1C[C@H]2C[C@@H]3C[C@H](C2)C2(OCCO2)[C@H]1C3. The van der Waals surface area contributed by atoms with Gasteiger partial charge < -0.3 is 9.47 Å². The minimum absolute atomic E-state index is 0.0475. The second kappa shape index (κ2) is 3.08. The molecule has 1 saturated heterocycles. The van der Waals surface area contributed by atoms with Gasteiger partial charge >= 0.3 is 0 Å². The zero-order valence-electron chi connectivity index (χ0n) is 9.48. The van der Waals surface area contributed by atoms with E-state index in [1.165, 1.54) is 12.8 Å². The van der Waals surface area contributed by atoms with Gasteiger partial charge in [0.15, 0.2) is 5.79 Å². The summed E-state index contributed by atoms with van der Waals surface area (Å²) in [5, 5.41) is 0. The average molecular weight is 222 g/mol. The number of fused-ring (bicyclic) bond motifs is 1. The first-order valence-corrected chi connectivity index (χ1v) is 6.58. The third kappa shape index (κ3) is 1.08. The molecule has 4 saturated carbocycles. The fraction of sp³-hybridized carbons (Fsp3) is 0.923. The van der Waals surface area contributed by atoms with E-state index in [1.807, 2.05) is 0 Å². The third-order valence-corrected chi connectivity index (χ3v) is 5.14. The molecule has 4 atom stereocenters. The Labute approximate surface area is 95.5 Å². The van der Waals surface area contributed by atoms with Gasteiger partial charge in [-0.15, -0.1) is 0 Å². The molecule has 0 N–H and O–H groups in total. The van der Waals surface area contributed by atoms with Crippen LogP contribution in [0.15, 0.2) is 0 Å². The van der Waals surface area contributed by atoms with Crippen molar-refractivity contribution in [3.63, 3.8) is 0 Å². The van der Waals surface area contributed by atoms with Crippen LogP contribution in [0.5, 0.6) is 0 Å². The molecule has 4 bridgehead atoms. The van der Waals surface area contributed by atoms with E-state index < -0.39 is 5.79 Å². The van der Waals surface area contributed by atoms with Crippen molar-refractivity contribution in [1.82, 2.24) is 0 Å². The van der Waals surface area contributed by atoms with Crippen LogP contribution in [0.4, 0.5) is 0 Å². The maximum atomic E-state index is 12.3. The second-order valence-electron chi connectivity index (χ2n) is 6.01. The molecular weight excluding hydrogens is 204 g/mol. The van der Waals surface area contributed by atoms with E-state index in [9.17, 15) is 4.79 Å².